The molecule has 156 valence electrons. The summed E-state index contributed by atoms with van der Waals surface area (Å²) < 4.78 is 5.63. The minimum atomic E-state index is -1.82. The Hall–Kier alpha value is -2.68. The maximum atomic E-state index is 11.0. The van der Waals surface area contributed by atoms with Crippen molar-refractivity contribution < 1.29 is 29.5 Å². The molecule has 1 aliphatic rings. The Kier molecular flexibility index (Phi) is 9.37. The molecule has 0 radical (unpaired) electrons. The van der Waals surface area contributed by atoms with E-state index in [1.54, 1.807) is 12.1 Å². The van der Waals surface area contributed by atoms with Crippen LogP contribution < -0.4 is 4.74 Å². The number of piperidine rings is 1. The van der Waals surface area contributed by atoms with E-state index in [-0.39, 0.29) is 10.6 Å². The van der Waals surface area contributed by atoms with Crippen molar-refractivity contribution in [1.29, 1.82) is 0 Å². The van der Waals surface area contributed by atoms with Crippen LogP contribution in [0.2, 0.25) is 0 Å². The highest BCUT2D eigenvalue weighted by atomic mass is 16.6. The van der Waals surface area contributed by atoms with Crippen LogP contribution in [0.1, 0.15) is 32.3 Å². The summed E-state index contributed by atoms with van der Waals surface area (Å²) in [5, 5.41) is 25.8. The van der Waals surface area contributed by atoms with E-state index in [4.69, 9.17) is 24.5 Å². The van der Waals surface area contributed by atoms with Crippen LogP contribution in [0.5, 0.6) is 5.75 Å². The highest BCUT2D eigenvalue weighted by molar-refractivity contribution is 6.27. The van der Waals surface area contributed by atoms with Gasteiger partial charge in [-0.1, -0.05) is 19.9 Å². The van der Waals surface area contributed by atoms with Crippen molar-refractivity contribution >= 4 is 17.6 Å². The fraction of sp³-hybridized carbons (Fsp3) is 0.579. The topological polar surface area (TPSA) is 130 Å². The molecule has 9 nitrogen and oxygen atoms in total. The molecule has 0 amide bonds. The summed E-state index contributed by atoms with van der Waals surface area (Å²) in [5.74, 6) is -1.77. The van der Waals surface area contributed by atoms with E-state index in [1.165, 1.54) is 6.42 Å². The second-order valence-corrected chi connectivity index (χ2v) is 7.25. The second kappa shape index (κ2) is 11.2. The van der Waals surface area contributed by atoms with Crippen LogP contribution in [-0.4, -0.2) is 58.2 Å². The summed E-state index contributed by atoms with van der Waals surface area (Å²) in [6, 6.07) is 5.10. The molecular formula is C19H28N2O7. The number of carboxylic acids is 2. The zero-order chi connectivity index (χ0) is 21.3. The number of hydrogen-bond donors (Lipinski definition) is 2. The van der Waals surface area contributed by atoms with Gasteiger partial charge in [-0.2, -0.15) is 0 Å². The van der Waals surface area contributed by atoms with Crippen molar-refractivity contribution in [2.75, 3.05) is 26.2 Å². The Morgan fingerprint density at radius 1 is 1.21 bits per heavy atom. The molecule has 1 fully saturated rings. The van der Waals surface area contributed by atoms with Crippen molar-refractivity contribution in [2.45, 2.75) is 33.6 Å². The van der Waals surface area contributed by atoms with Gasteiger partial charge in [0.05, 0.1) is 11.5 Å². The lowest BCUT2D eigenvalue weighted by Crippen LogP contribution is -2.39. The predicted molar refractivity (Wildman–Crippen MR) is 103 cm³/mol. The fourth-order valence-electron chi connectivity index (χ4n) is 3.34. The highest BCUT2D eigenvalue weighted by Gasteiger charge is 2.21. The number of nitro groups is 1. The Morgan fingerprint density at radius 2 is 1.79 bits per heavy atom. The number of benzene rings is 1. The van der Waals surface area contributed by atoms with Crippen LogP contribution in [0.4, 0.5) is 5.69 Å². The lowest BCUT2D eigenvalue weighted by Gasteiger charge is -2.34. The van der Waals surface area contributed by atoms with Crippen LogP contribution in [0.25, 0.3) is 0 Å². The van der Waals surface area contributed by atoms with Crippen molar-refractivity contribution in [1.82, 2.24) is 4.90 Å². The molecule has 0 aliphatic carbocycles. The standard InChI is InChI=1S/C17H26N2O3.C2H2O4/c1-13-5-6-17(16(10-13)19(20)21)22-8-4-7-18-11-14(2)9-15(3)12-18;3-1(4)2(5)6/h5-6,10,14-15H,4,7-9,11-12H2,1-3H3;(H,3,4)(H,5,6). The Bertz CT molecular complexity index is 671. The van der Waals surface area contributed by atoms with Crippen LogP contribution in [0.15, 0.2) is 18.2 Å². The molecule has 0 aromatic heterocycles. The summed E-state index contributed by atoms with van der Waals surface area (Å²) >= 11 is 0. The first-order valence-corrected chi connectivity index (χ1v) is 9.16. The van der Waals surface area contributed by atoms with Gasteiger partial charge in [-0.25, -0.2) is 9.59 Å². The lowest BCUT2D eigenvalue weighted by molar-refractivity contribution is -0.385. The van der Waals surface area contributed by atoms with Crippen LogP contribution >= 0.6 is 0 Å². The van der Waals surface area contributed by atoms with Crippen molar-refractivity contribution in [3.05, 3.63) is 33.9 Å². The molecule has 0 bridgehead atoms. The van der Waals surface area contributed by atoms with Gasteiger partial charge in [0, 0.05) is 25.7 Å². The zero-order valence-corrected chi connectivity index (χ0v) is 16.5. The lowest BCUT2D eigenvalue weighted by atomic mass is 9.92. The van der Waals surface area contributed by atoms with E-state index in [1.807, 2.05) is 13.0 Å². The van der Waals surface area contributed by atoms with E-state index in [0.29, 0.717) is 12.4 Å². The first kappa shape index (κ1) is 23.4. The maximum absolute atomic E-state index is 11.0. The first-order chi connectivity index (χ1) is 13.1. The number of aliphatic carboxylic acids is 2. The molecule has 2 atom stereocenters. The third-order valence-corrected chi connectivity index (χ3v) is 4.31. The van der Waals surface area contributed by atoms with Gasteiger partial charge in [-0.3, -0.25) is 10.1 Å². The first-order valence-electron chi connectivity index (χ1n) is 9.16. The SMILES string of the molecule is Cc1ccc(OCCCN2CC(C)CC(C)C2)c([N+](=O)[O-])c1.O=C(O)C(=O)O. The van der Waals surface area contributed by atoms with Gasteiger partial charge in [0.15, 0.2) is 5.75 Å². The average molecular weight is 396 g/mol. The number of nitro benzene ring substituents is 1. The molecule has 1 aromatic rings. The summed E-state index contributed by atoms with van der Waals surface area (Å²) in [6.07, 6.45) is 2.20. The van der Waals surface area contributed by atoms with Crippen molar-refractivity contribution in [2.24, 2.45) is 11.8 Å². The smallest absolute Gasteiger partial charge is 0.414 e. The van der Waals surface area contributed by atoms with Gasteiger partial charge >= 0.3 is 17.6 Å². The largest absolute Gasteiger partial charge is 0.487 e. The van der Waals surface area contributed by atoms with Gasteiger partial charge in [0.2, 0.25) is 0 Å². The number of rotatable bonds is 6. The van der Waals surface area contributed by atoms with E-state index >= 15 is 0 Å². The maximum Gasteiger partial charge on any atom is 0.414 e. The van der Waals surface area contributed by atoms with E-state index in [0.717, 1.165) is 43.5 Å². The van der Waals surface area contributed by atoms with Gasteiger partial charge in [0.25, 0.3) is 0 Å². The summed E-state index contributed by atoms with van der Waals surface area (Å²) in [7, 11) is 0. The number of hydrogen-bond acceptors (Lipinski definition) is 6. The molecule has 0 saturated carbocycles. The minimum absolute atomic E-state index is 0.0558. The third-order valence-electron chi connectivity index (χ3n) is 4.31. The summed E-state index contributed by atoms with van der Waals surface area (Å²) in [6.45, 7) is 10.3. The van der Waals surface area contributed by atoms with Crippen LogP contribution in [0.3, 0.4) is 0 Å². The molecule has 2 rings (SSSR count). The van der Waals surface area contributed by atoms with Crippen LogP contribution in [0, 0.1) is 28.9 Å². The molecule has 1 aliphatic heterocycles. The normalized spacial score (nSPS) is 19.2. The number of likely N-dealkylation sites (tertiary alicyclic amines) is 1. The summed E-state index contributed by atoms with van der Waals surface area (Å²) in [4.78, 5) is 31.3. The quantitative estimate of drug-likeness (QED) is 0.325. The van der Waals surface area contributed by atoms with E-state index in [9.17, 15) is 10.1 Å². The molecule has 1 aromatic carbocycles. The Labute approximate surface area is 164 Å². The van der Waals surface area contributed by atoms with Gasteiger partial charge in [-0.15, -0.1) is 0 Å². The molecule has 28 heavy (non-hydrogen) atoms. The molecule has 1 heterocycles. The zero-order valence-electron chi connectivity index (χ0n) is 16.5. The Balaban J connectivity index is 0.000000568. The third kappa shape index (κ3) is 8.34. The minimum Gasteiger partial charge on any atom is -0.487 e. The monoisotopic (exact) mass is 396 g/mol. The molecule has 0 spiro atoms. The second-order valence-electron chi connectivity index (χ2n) is 7.25. The molecule has 2 N–H and O–H groups in total. The van der Waals surface area contributed by atoms with Crippen molar-refractivity contribution in [3.63, 3.8) is 0 Å². The number of ether oxygens (including phenoxy) is 1. The predicted octanol–water partition coefficient (Wildman–Crippen LogP) is 2.81. The Morgan fingerprint density at radius 3 is 2.29 bits per heavy atom. The van der Waals surface area contributed by atoms with Crippen LogP contribution in [-0.2, 0) is 9.59 Å². The van der Waals surface area contributed by atoms with Gasteiger partial charge in [-0.05, 0) is 43.2 Å². The molecule has 1 saturated heterocycles. The summed E-state index contributed by atoms with van der Waals surface area (Å²) in [5.41, 5.74) is 0.926. The molecule has 2 unspecified atom stereocenters. The number of aryl methyl sites for hydroxylation is 1. The number of nitrogens with zero attached hydrogens (tertiary/aromatic N) is 2. The van der Waals surface area contributed by atoms with E-state index in [2.05, 4.69) is 18.7 Å². The number of carboxylic acid groups (broad SMARTS) is 2. The average Bonchev–Trinajstić information content (AvgIpc) is 2.59. The molecule has 9 heteroatoms. The van der Waals surface area contributed by atoms with E-state index < -0.39 is 11.9 Å². The fourth-order valence-corrected chi connectivity index (χ4v) is 3.34. The molecular weight excluding hydrogens is 368 g/mol. The van der Waals surface area contributed by atoms with Crippen molar-refractivity contribution in [3.8, 4) is 5.75 Å². The van der Waals surface area contributed by atoms with Gasteiger partial charge < -0.3 is 19.8 Å². The number of carbonyl (C=O) groups is 2. The highest BCUT2D eigenvalue weighted by Crippen LogP contribution is 2.28. The van der Waals surface area contributed by atoms with Gasteiger partial charge in [0.1, 0.15) is 0 Å².